The maximum absolute atomic E-state index is 13.6. The van der Waals surface area contributed by atoms with Crippen LogP contribution in [0, 0.1) is 11.6 Å². The first-order chi connectivity index (χ1) is 11.7. The fraction of sp³-hybridized carbons (Fsp3) is 0.588. The monoisotopic (exact) mass is 471 g/mol. The summed E-state index contributed by atoms with van der Waals surface area (Å²) in [6, 6.07) is 3.63. The van der Waals surface area contributed by atoms with Crippen molar-refractivity contribution in [1.29, 1.82) is 0 Å². The molecule has 8 heteroatoms. The molecule has 0 fully saturated rings. The highest BCUT2D eigenvalue weighted by molar-refractivity contribution is 14.0. The highest BCUT2D eigenvalue weighted by Crippen LogP contribution is 2.09. The molecular weight excluding hydrogens is 443 g/mol. The molecule has 0 atom stereocenters. The van der Waals surface area contributed by atoms with Gasteiger partial charge in [-0.25, -0.2) is 8.78 Å². The van der Waals surface area contributed by atoms with Crippen LogP contribution in [0.1, 0.15) is 18.9 Å². The molecule has 0 aromatic heterocycles. The molecule has 25 heavy (non-hydrogen) atoms. The van der Waals surface area contributed by atoms with Gasteiger partial charge in [-0.3, -0.25) is 4.99 Å². The van der Waals surface area contributed by atoms with E-state index in [4.69, 9.17) is 9.47 Å². The second kappa shape index (κ2) is 15.3. The molecule has 0 amide bonds. The Balaban J connectivity index is 0.00000576. The normalized spacial score (nSPS) is 11.1. The first kappa shape index (κ1) is 24.0. The molecule has 0 bridgehead atoms. The van der Waals surface area contributed by atoms with Crippen LogP contribution in [0.2, 0.25) is 0 Å². The number of nitrogens with one attached hydrogen (secondary N) is 2. The molecule has 0 radical (unpaired) electrons. The number of halogens is 3. The summed E-state index contributed by atoms with van der Waals surface area (Å²) in [5.74, 6) is -0.407. The van der Waals surface area contributed by atoms with E-state index in [0.717, 1.165) is 19.0 Å². The Kier molecular flexibility index (Phi) is 14.7. The van der Waals surface area contributed by atoms with Gasteiger partial charge in [0.05, 0.1) is 13.2 Å². The Morgan fingerprint density at radius 3 is 2.64 bits per heavy atom. The highest BCUT2D eigenvalue weighted by Gasteiger charge is 2.04. The summed E-state index contributed by atoms with van der Waals surface area (Å²) in [5.41, 5.74) is 0.478. The predicted molar refractivity (Wildman–Crippen MR) is 107 cm³/mol. The lowest BCUT2D eigenvalue weighted by atomic mass is 10.1. The van der Waals surface area contributed by atoms with E-state index in [1.54, 1.807) is 7.11 Å². The number of guanidine groups is 1. The van der Waals surface area contributed by atoms with Crippen molar-refractivity contribution < 1.29 is 18.3 Å². The van der Waals surface area contributed by atoms with Crippen LogP contribution < -0.4 is 10.6 Å². The summed E-state index contributed by atoms with van der Waals surface area (Å²) in [6.45, 7) is 5.67. The zero-order valence-electron chi connectivity index (χ0n) is 14.8. The summed E-state index contributed by atoms with van der Waals surface area (Å²) in [7, 11) is 1.64. The second-order valence-corrected chi connectivity index (χ2v) is 5.13. The van der Waals surface area contributed by atoms with Crippen LogP contribution in [-0.4, -0.2) is 52.5 Å². The van der Waals surface area contributed by atoms with Crippen LogP contribution in [0.3, 0.4) is 0 Å². The fourth-order valence-electron chi connectivity index (χ4n) is 1.98. The van der Waals surface area contributed by atoms with Gasteiger partial charge in [0, 0.05) is 39.4 Å². The van der Waals surface area contributed by atoms with Crippen molar-refractivity contribution in [3.8, 4) is 0 Å². The highest BCUT2D eigenvalue weighted by atomic mass is 127. The zero-order chi connectivity index (χ0) is 17.6. The van der Waals surface area contributed by atoms with Crippen molar-refractivity contribution in [2.75, 3.05) is 46.6 Å². The van der Waals surface area contributed by atoms with Crippen molar-refractivity contribution >= 4 is 29.9 Å². The molecule has 2 N–H and O–H groups in total. The van der Waals surface area contributed by atoms with E-state index in [1.807, 2.05) is 6.92 Å². The molecule has 0 aliphatic heterocycles. The lowest BCUT2D eigenvalue weighted by Crippen LogP contribution is -2.38. The van der Waals surface area contributed by atoms with Gasteiger partial charge in [-0.15, -0.1) is 24.0 Å². The molecule has 0 spiro atoms. The molecular formula is C17H28F2IN3O2. The molecule has 0 aliphatic rings. The molecule has 5 nitrogen and oxygen atoms in total. The van der Waals surface area contributed by atoms with Gasteiger partial charge in [-0.2, -0.15) is 0 Å². The summed E-state index contributed by atoms with van der Waals surface area (Å²) in [6.07, 6.45) is 1.27. The van der Waals surface area contributed by atoms with Crippen molar-refractivity contribution in [3.05, 3.63) is 35.4 Å². The van der Waals surface area contributed by atoms with E-state index in [0.29, 0.717) is 50.9 Å². The topological polar surface area (TPSA) is 54.9 Å². The van der Waals surface area contributed by atoms with Crippen molar-refractivity contribution in [2.45, 2.75) is 19.8 Å². The van der Waals surface area contributed by atoms with E-state index >= 15 is 0 Å². The Morgan fingerprint density at radius 2 is 1.96 bits per heavy atom. The van der Waals surface area contributed by atoms with Crippen LogP contribution >= 0.6 is 24.0 Å². The van der Waals surface area contributed by atoms with E-state index in [1.165, 1.54) is 12.1 Å². The second-order valence-electron chi connectivity index (χ2n) is 5.13. The molecule has 1 aromatic carbocycles. The fourth-order valence-corrected chi connectivity index (χ4v) is 1.98. The van der Waals surface area contributed by atoms with Gasteiger partial charge >= 0.3 is 0 Å². The number of hydrogen-bond donors (Lipinski definition) is 2. The maximum Gasteiger partial charge on any atom is 0.191 e. The number of aliphatic imine (C=N–C) groups is 1. The van der Waals surface area contributed by atoms with Crippen LogP contribution in [0.4, 0.5) is 8.78 Å². The predicted octanol–water partition coefficient (Wildman–Crippen LogP) is 2.73. The quantitative estimate of drug-likeness (QED) is 0.226. The van der Waals surface area contributed by atoms with Crippen LogP contribution in [0.15, 0.2) is 23.2 Å². The SMILES string of the molecule is CCNC(=NCCCOCCOC)NCCc1ccc(F)cc1F.I. The van der Waals surface area contributed by atoms with E-state index in [9.17, 15) is 8.78 Å². The van der Waals surface area contributed by atoms with Crippen molar-refractivity contribution in [2.24, 2.45) is 4.99 Å². The number of benzene rings is 1. The number of ether oxygens (including phenoxy) is 2. The minimum Gasteiger partial charge on any atom is -0.382 e. The summed E-state index contributed by atoms with van der Waals surface area (Å²) in [5, 5.41) is 6.27. The third kappa shape index (κ3) is 11.3. The Bertz CT molecular complexity index is 505. The van der Waals surface area contributed by atoms with Crippen LogP contribution in [0.5, 0.6) is 0 Å². The van der Waals surface area contributed by atoms with Gasteiger partial charge < -0.3 is 20.1 Å². The van der Waals surface area contributed by atoms with Gasteiger partial charge in [-0.1, -0.05) is 6.07 Å². The standard InChI is InChI=1S/C17H27F2N3O2.HI/c1-3-20-17(21-8-4-10-24-12-11-23-2)22-9-7-14-5-6-15(18)13-16(14)19;/h5-6,13H,3-4,7-12H2,1-2H3,(H2,20,21,22);1H. The molecule has 0 saturated heterocycles. The Hall–Kier alpha value is -1.00. The molecule has 1 aromatic rings. The first-order valence-corrected chi connectivity index (χ1v) is 8.20. The molecule has 144 valence electrons. The van der Waals surface area contributed by atoms with E-state index in [-0.39, 0.29) is 24.0 Å². The van der Waals surface area contributed by atoms with Gasteiger partial charge in [0.1, 0.15) is 11.6 Å². The Morgan fingerprint density at radius 1 is 1.16 bits per heavy atom. The van der Waals surface area contributed by atoms with E-state index < -0.39 is 11.6 Å². The van der Waals surface area contributed by atoms with Crippen LogP contribution in [-0.2, 0) is 15.9 Å². The number of rotatable bonds is 11. The van der Waals surface area contributed by atoms with E-state index in [2.05, 4.69) is 15.6 Å². The molecule has 0 saturated carbocycles. The average Bonchev–Trinajstić information content (AvgIpc) is 2.56. The average molecular weight is 471 g/mol. The molecule has 1 rings (SSSR count). The first-order valence-electron chi connectivity index (χ1n) is 8.20. The maximum atomic E-state index is 13.6. The third-order valence-electron chi connectivity index (χ3n) is 3.19. The summed E-state index contributed by atoms with van der Waals surface area (Å²) >= 11 is 0. The summed E-state index contributed by atoms with van der Waals surface area (Å²) in [4.78, 5) is 4.43. The van der Waals surface area contributed by atoms with Gasteiger partial charge in [0.2, 0.25) is 0 Å². The molecule has 0 unspecified atom stereocenters. The van der Waals surface area contributed by atoms with Gasteiger partial charge in [0.15, 0.2) is 5.96 Å². The van der Waals surface area contributed by atoms with Gasteiger partial charge in [-0.05, 0) is 31.4 Å². The third-order valence-corrected chi connectivity index (χ3v) is 3.19. The Labute approximate surface area is 165 Å². The van der Waals surface area contributed by atoms with Crippen LogP contribution in [0.25, 0.3) is 0 Å². The minimum absolute atomic E-state index is 0. The summed E-state index contributed by atoms with van der Waals surface area (Å²) < 4.78 is 36.7. The lowest BCUT2D eigenvalue weighted by Gasteiger charge is -2.11. The largest absolute Gasteiger partial charge is 0.382 e. The number of hydrogen-bond acceptors (Lipinski definition) is 3. The molecule has 0 heterocycles. The minimum atomic E-state index is -0.563. The van der Waals surface area contributed by atoms with Crippen molar-refractivity contribution in [3.63, 3.8) is 0 Å². The zero-order valence-corrected chi connectivity index (χ0v) is 17.1. The number of methoxy groups -OCH3 is 1. The molecule has 0 aliphatic carbocycles. The smallest absolute Gasteiger partial charge is 0.191 e. The number of nitrogens with zero attached hydrogens (tertiary/aromatic N) is 1. The lowest BCUT2D eigenvalue weighted by molar-refractivity contribution is 0.0702. The van der Waals surface area contributed by atoms with Gasteiger partial charge in [0.25, 0.3) is 0 Å². The van der Waals surface area contributed by atoms with Crippen molar-refractivity contribution in [1.82, 2.24) is 10.6 Å².